The Kier molecular flexibility index (Phi) is 7.24. The Bertz CT molecular complexity index is 961. The molecule has 1 N–H and O–H groups in total. The third-order valence-electron chi connectivity index (χ3n) is 4.72. The van der Waals surface area contributed by atoms with E-state index in [0.717, 1.165) is 39.6 Å². The molecule has 2 aromatic carbocycles. The van der Waals surface area contributed by atoms with Gasteiger partial charge in [-0.15, -0.1) is 0 Å². The molecule has 2 atom stereocenters. The van der Waals surface area contributed by atoms with Gasteiger partial charge in [0.1, 0.15) is 17.6 Å². The fraction of sp³-hybridized carbons (Fsp3) is 0.381. The van der Waals surface area contributed by atoms with E-state index in [-0.39, 0.29) is 11.7 Å². The minimum atomic E-state index is -3.76. The van der Waals surface area contributed by atoms with Crippen LogP contribution in [0.15, 0.2) is 42.5 Å². The van der Waals surface area contributed by atoms with Gasteiger partial charge in [0.25, 0.3) is 0 Å². The van der Waals surface area contributed by atoms with Crippen molar-refractivity contribution in [2.24, 2.45) is 0 Å². The van der Waals surface area contributed by atoms with Crippen LogP contribution < -0.4 is 14.4 Å². The molecule has 0 aliphatic rings. The van der Waals surface area contributed by atoms with Crippen molar-refractivity contribution in [1.82, 2.24) is 5.32 Å². The van der Waals surface area contributed by atoms with E-state index < -0.39 is 27.8 Å². The summed E-state index contributed by atoms with van der Waals surface area (Å²) in [6.07, 6.45) is 1.64. The van der Waals surface area contributed by atoms with Crippen LogP contribution in [0.5, 0.6) is 5.75 Å². The van der Waals surface area contributed by atoms with Crippen molar-refractivity contribution in [3.63, 3.8) is 0 Å². The van der Waals surface area contributed by atoms with E-state index in [4.69, 9.17) is 4.74 Å². The van der Waals surface area contributed by atoms with Crippen molar-refractivity contribution in [1.29, 1.82) is 0 Å². The van der Waals surface area contributed by atoms with Crippen molar-refractivity contribution >= 4 is 21.6 Å². The SMILES string of the molecule is CC[C@@H](NC(=O)[C@@H](C)N(c1ccc(F)cc1)S(C)(=O)=O)c1ccc(OC)c(C)c1. The highest BCUT2D eigenvalue weighted by Gasteiger charge is 2.30. The van der Waals surface area contributed by atoms with Gasteiger partial charge in [0.2, 0.25) is 15.9 Å². The van der Waals surface area contributed by atoms with Crippen LogP contribution in [0.4, 0.5) is 10.1 Å². The van der Waals surface area contributed by atoms with Crippen molar-refractivity contribution in [3.05, 3.63) is 59.4 Å². The van der Waals surface area contributed by atoms with Gasteiger partial charge in [0.15, 0.2) is 0 Å². The lowest BCUT2D eigenvalue weighted by atomic mass is 10.0. The minimum Gasteiger partial charge on any atom is -0.496 e. The van der Waals surface area contributed by atoms with Gasteiger partial charge in [-0.1, -0.05) is 19.1 Å². The van der Waals surface area contributed by atoms with Gasteiger partial charge in [-0.2, -0.15) is 0 Å². The highest BCUT2D eigenvalue weighted by atomic mass is 32.2. The summed E-state index contributed by atoms with van der Waals surface area (Å²) in [4.78, 5) is 12.9. The molecule has 0 aromatic heterocycles. The summed E-state index contributed by atoms with van der Waals surface area (Å²) in [7, 11) is -2.17. The molecule has 0 fully saturated rings. The summed E-state index contributed by atoms with van der Waals surface area (Å²) in [6.45, 7) is 5.36. The second-order valence-corrected chi connectivity index (χ2v) is 8.77. The maximum Gasteiger partial charge on any atom is 0.244 e. The molecule has 1 amide bonds. The van der Waals surface area contributed by atoms with Gasteiger partial charge in [0.05, 0.1) is 25.1 Å². The number of hydrogen-bond donors (Lipinski definition) is 1. The topological polar surface area (TPSA) is 75.7 Å². The lowest BCUT2D eigenvalue weighted by Gasteiger charge is -2.30. The molecule has 0 radical (unpaired) electrons. The second-order valence-electron chi connectivity index (χ2n) is 6.91. The fourth-order valence-corrected chi connectivity index (χ4v) is 4.40. The maximum atomic E-state index is 13.2. The number of ether oxygens (including phenoxy) is 1. The monoisotopic (exact) mass is 422 g/mol. The molecule has 0 aliphatic heterocycles. The molecule has 0 bridgehead atoms. The standard InChI is InChI=1S/C21H27FN2O4S/c1-6-19(16-7-12-20(28-4)14(2)13-16)23-21(25)15(3)24(29(5,26)27)18-10-8-17(22)9-11-18/h7-13,15,19H,6H2,1-5H3,(H,23,25)/t15-,19-/m1/s1. The Morgan fingerprint density at radius 3 is 2.31 bits per heavy atom. The van der Waals surface area contributed by atoms with Crippen molar-refractivity contribution in [2.75, 3.05) is 17.7 Å². The second kappa shape index (κ2) is 9.26. The maximum absolute atomic E-state index is 13.2. The van der Waals surface area contributed by atoms with E-state index in [1.165, 1.54) is 19.1 Å². The Morgan fingerprint density at radius 1 is 1.21 bits per heavy atom. The first-order valence-corrected chi connectivity index (χ1v) is 11.1. The molecule has 158 valence electrons. The molecule has 0 heterocycles. The molecule has 0 aliphatic carbocycles. The average Bonchev–Trinajstić information content (AvgIpc) is 2.66. The molecular formula is C21H27FN2O4S. The zero-order valence-corrected chi connectivity index (χ0v) is 18.1. The number of benzene rings is 2. The van der Waals surface area contributed by atoms with Gasteiger partial charge in [0, 0.05) is 0 Å². The molecule has 8 heteroatoms. The van der Waals surface area contributed by atoms with Gasteiger partial charge in [-0.3, -0.25) is 9.10 Å². The number of hydrogen-bond acceptors (Lipinski definition) is 4. The summed E-state index contributed by atoms with van der Waals surface area (Å²) in [5.74, 6) is -0.178. The average molecular weight is 423 g/mol. The summed E-state index contributed by atoms with van der Waals surface area (Å²) in [5.41, 5.74) is 2.07. The van der Waals surface area contributed by atoms with Crippen LogP contribution >= 0.6 is 0 Å². The summed E-state index contributed by atoms with van der Waals surface area (Å²) in [5, 5.41) is 2.92. The Labute approximate surface area is 171 Å². The number of rotatable bonds is 8. The minimum absolute atomic E-state index is 0.227. The molecule has 2 aromatic rings. The zero-order valence-electron chi connectivity index (χ0n) is 17.3. The molecule has 0 saturated heterocycles. The number of methoxy groups -OCH3 is 1. The van der Waals surface area contributed by atoms with E-state index in [9.17, 15) is 17.6 Å². The first kappa shape index (κ1) is 22.7. The number of amides is 1. The van der Waals surface area contributed by atoms with Crippen LogP contribution in [0.2, 0.25) is 0 Å². The lowest BCUT2D eigenvalue weighted by Crippen LogP contribution is -2.48. The molecule has 2 rings (SSSR count). The molecule has 6 nitrogen and oxygen atoms in total. The number of sulfonamides is 1. The number of aryl methyl sites for hydroxylation is 1. The number of carbonyl (C=O) groups excluding carboxylic acids is 1. The van der Waals surface area contributed by atoms with Crippen LogP contribution in [0, 0.1) is 12.7 Å². The number of carbonyl (C=O) groups is 1. The Morgan fingerprint density at radius 2 is 1.83 bits per heavy atom. The molecule has 0 unspecified atom stereocenters. The molecule has 0 saturated carbocycles. The normalized spacial score (nSPS) is 13.4. The van der Waals surface area contributed by atoms with Crippen molar-refractivity contribution in [2.45, 2.75) is 39.3 Å². The largest absolute Gasteiger partial charge is 0.496 e. The predicted octanol–water partition coefficient (Wildman–Crippen LogP) is 3.56. The summed E-state index contributed by atoms with van der Waals surface area (Å²) >= 11 is 0. The van der Waals surface area contributed by atoms with E-state index in [2.05, 4.69) is 5.32 Å². The van der Waals surface area contributed by atoms with Crippen molar-refractivity contribution in [3.8, 4) is 5.75 Å². The first-order valence-electron chi connectivity index (χ1n) is 9.28. The number of anilines is 1. The third kappa shape index (κ3) is 5.47. The summed E-state index contributed by atoms with van der Waals surface area (Å²) in [6, 6.07) is 9.35. The van der Waals surface area contributed by atoms with Crippen molar-refractivity contribution < 1.29 is 22.3 Å². The Balaban J connectivity index is 2.28. The van der Waals surface area contributed by atoms with Gasteiger partial charge < -0.3 is 10.1 Å². The molecule has 29 heavy (non-hydrogen) atoms. The van der Waals surface area contributed by atoms with E-state index >= 15 is 0 Å². The smallest absolute Gasteiger partial charge is 0.244 e. The van der Waals surface area contributed by atoms with Crippen LogP contribution in [-0.4, -0.2) is 33.7 Å². The zero-order chi connectivity index (χ0) is 21.8. The van der Waals surface area contributed by atoms with E-state index in [1.807, 2.05) is 32.0 Å². The Hall–Kier alpha value is -2.61. The van der Waals surface area contributed by atoms with Gasteiger partial charge in [-0.05, 0) is 61.7 Å². The van der Waals surface area contributed by atoms with Crippen LogP contribution in [0.3, 0.4) is 0 Å². The van der Waals surface area contributed by atoms with Gasteiger partial charge >= 0.3 is 0 Å². The van der Waals surface area contributed by atoms with Crippen LogP contribution in [-0.2, 0) is 14.8 Å². The van der Waals surface area contributed by atoms with Gasteiger partial charge in [-0.25, -0.2) is 12.8 Å². The third-order valence-corrected chi connectivity index (χ3v) is 5.96. The van der Waals surface area contributed by atoms with Crippen LogP contribution in [0.1, 0.15) is 37.4 Å². The van der Waals surface area contributed by atoms with E-state index in [1.54, 1.807) is 7.11 Å². The van der Waals surface area contributed by atoms with Crippen LogP contribution in [0.25, 0.3) is 0 Å². The number of halogens is 1. The first-order chi connectivity index (χ1) is 13.6. The number of nitrogens with one attached hydrogen (secondary N) is 1. The predicted molar refractivity (Wildman–Crippen MR) is 112 cm³/mol. The lowest BCUT2D eigenvalue weighted by molar-refractivity contribution is -0.122. The number of nitrogens with zero attached hydrogens (tertiary/aromatic N) is 1. The fourth-order valence-electron chi connectivity index (χ4n) is 3.23. The summed E-state index contributed by atoms with van der Waals surface area (Å²) < 4.78 is 44.2. The molecular weight excluding hydrogens is 395 g/mol. The quantitative estimate of drug-likeness (QED) is 0.706. The highest BCUT2D eigenvalue weighted by molar-refractivity contribution is 7.92. The van der Waals surface area contributed by atoms with E-state index in [0.29, 0.717) is 6.42 Å². The molecule has 0 spiro atoms. The highest BCUT2D eigenvalue weighted by Crippen LogP contribution is 2.25.